The van der Waals surface area contributed by atoms with E-state index in [2.05, 4.69) is 25.1 Å². The van der Waals surface area contributed by atoms with Gasteiger partial charge < -0.3 is 4.90 Å². The summed E-state index contributed by atoms with van der Waals surface area (Å²) >= 11 is 0. The van der Waals surface area contributed by atoms with Gasteiger partial charge in [0.15, 0.2) is 17.3 Å². The van der Waals surface area contributed by atoms with Gasteiger partial charge in [-0.25, -0.2) is 4.72 Å². The van der Waals surface area contributed by atoms with Gasteiger partial charge in [0.25, 0.3) is 0 Å². The molecule has 6 rings (SSSR count). The Morgan fingerprint density at radius 2 is 1.62 bits per heavy atom. The maximum atomic E-state index is 15.0. The highest BCUT2D eigenvalue weighted by Crippen LogP contribution is 2.88. The van der Waals surface area contributed by atoms with Gasteiger partial charge in [0, 0.05) is 55.4 Å². The van der Waals surface area contributed by atoms with E-state index in [-0.39, 0.29) is 58.3 Å². The van der Waals surface area contributed by atoms with Crippen LogP contribution in [0.15, 0.2) is 36.9 Å². The largest absolute Gasteiger partial charge is 0.332 e. The molecule has 3 aliphatic carbocycles. The molecule has 1 aromatic carbocycles. The summed E-state index contributed by atoms with van der Waals surface area (Å²) in [6, 6.07) is 5.96. The molecule has 5 aliphatic rings. The fourth-order valence-electron chi connectivity index (χ4n) is 10.6. The Bertz CT molecular complexity index is 1800. The van der Waals surface area contributed by atoms with Gasteiger partial charge in [0.05, 0.1) is 17.4 Å². The molecule has 2 saturated heterocycles. The van der Waals surface area contributed by atoms with Crippen molar-refractivity contribution < 1.29 is 32.4 Å². The number of hydrogen-bond donors (Lipinski definition) is 1. The molecule has 0 bridgehead atoms. The summed E-state index contributed by atoms with van der Waals surface area (Å²) in [5, 5.41) is 0. The highest BCUT2D eigenvalue weighted by atomic mass is 32.2. The fraction of sp³-hybridized carbons (Fsp3) is 0.690. The van der Waals surface area contributed by atoms with Gasteiger partial charge in [0.2, 0.25) is 11.8 Å². The normalized spacial score (nSPS) is 29.1. The van der Waals surface area contributed by atoms with Crippen molar-refractivity contribution in [2.24, 2.45) is 38.9 Å². The maximum absolute atomic E-state index is 15.0. The minimum absolute atomic E-state index is 0.0138. The standard InChI is InChI=1S/C42H59N3O7S/c1-8-10-17-33(46)28-15-13-16-29(22-28)34(47)23-31(38(3,4)5)36(49)45-27-42(39(6,7)41(42)18-14-19-41)25-32(45)35(48)26-40(24-30(40)9-2)37(50)43-53(51,52)44-20-11-12-21-44/h9,13,15-16,22,30-32H,2,8,10-12,14,17-21,23-27H2,1,3-7H3,(H,43,50)/t30-,31-,32?,40-,42-/m1/s1. The Kier molecular flexibility index (Phi) is 10.3. The van der Waals surface area contributed by atoms with Crippen LogP contribution in [-0.4, -0.2) is 72.5 Å². The van der Waals surface area contributed by atoms with Gasteiger partial charge in [-0.1, -0.05) is 78.7 Å². The highest BCUT2D eigenvalue weighted by molar-refractivity contribution is 7.87. The number of fused-ring (bicyclic) bond motifs is 1. The lowest BCUT2D eigenvalue weighted by atomic mass is 9.73. The number of ketones is 3. The van der Waals surface area contributed by atoms with Crippen molar-refractivity contribution in [1.82, 2.24) is 13.9 Å². The Hall–Kier alpha value is -3.18. The maximum Gasteiger partial charge on any atom is 0.303 e. The third-order valence-electron chi connectivity index (χ3n) is 14.5. The molecule has 0 aromatic heterocycles. The number of carbonyl (C=O) groups is 5. The predicted octanol–water partition coefficient (Wildman–Crippen LogP) is 6.70. The van der Waals surface area contributed by atoms with Gasteiger partial charge >= 0.3 is 10.2 Å². The van der Waals surface area contributed by atoms with Crippen LogP contribution >= 0.6 is 0 Å². The number of benzene rings is 1. The first-order chi connectivity index (χ1) is 24.8. The molecule has 2 heterocycles. The molecule has 10 nitrogen and oxygen atoms in total. The molecule has 1 N–H and O–H groups in total. The van der Waals surface area contributed by atoms with E-state index in [0.717, 1.165) is 44.9 Å². The first kappa shape index (κ1) is 39.5. The Labute approximate surface area is 316 Å². The van der Waals surface area contributed by atoms with Gasteiger partial charge in [-0.3, -0.25) is 24.0 Å². The number of rotatable bonds is 15. The molecule has 3 saturated carbocycles. The third-order valence-corrected chi connectivity index (χ3v) is 15.9. The van der Waals surface area contributed by atoms with Crippen LogP contribution in [-0.2, 0) is 24.6 Å². The number of carbonyl (C=O) groups excluding carboxylic acids is 5. The minimum Gasteiger partial charge on any atom is -0.332 e. The summed E-state index contributed by atoms with van der Waals surface area (Å²) in [6.07, 6.45) is 8.85. The van der Waals surface area contributed by atoms with Crippen molar-refractivity contribution in [3.05, 3.63) is 48.0 Å². The molecule has 290 valence electrons. The van der Waals surface area contributed by atoms with Crippen molar-refractivity contribution in [1.29, 1.82) is 0 Å². The minimum atomic E-state index is -4.05. The van der Waals surface area contributed by atoms with Crippen LogP contribution in [0.5, 0.6) is 0 Å². The Morgan fingerprint density at radius 1 is 0.981 bits per heavy atom. The number of Topliss-reactive ketones (excluding diaryl/α,β-unsaturated/α-hetero) is 3. The molecule has 0 radical (unpaired) electrons. The first-order valence-corrected chi connectivity index (χ1v) is 21.2. The number of nitrogens with zero attached hydrogens (tertiary/aromatic N) is 2. The molecule has 5 atom stereocenters. The molecule has 53 heavy (non-hydrogen) atoms. The monoisotopic (exact) mass is 749 g/mol. The average molecular weight is 750 g/mol. The number of allylic oxidation sites excluding steroid dienone is 1. The van der Waals surface area contributed by atoms with E-state index < -0.39 is 38.9 Å². The summed E-state index contributed by atoms with van der Waals surface area (Å²) in [7, 11) is -4.05. The average Bonchev–Trinajstić information content (AvgIpc) is 3.55. The van der Waals surface area contributed by atoms with E-state index in [0.29, 0.717) is 50.0 Å². The molecule has 11 heteroatoms. The van der Waals surface area contributed by atoms with Crippen LogP contribution in [0.25, 0.3) is 0 Å². The van der Waals surface area contributed by atoms with Gasteiger partial charge in [-0.05, 0) is 73.2 Å². The molecule has 1 unspecified atom stereocenters. The predicted molar refractivity (Wildman–Crippen MR) is 203 cm³/mol. The van der Waals surface area contributed by atoms with Crippen LogP contribution in [0.1, 0.15) is 139 Å². The second kappa shape index (κ2) is 13.8. The topological polar surface area (TPSA) is 138 Å². The zero-order chi connectivity index (χ0) is 38.8. The van der Waals surface area contributed by atoms with E-state index in [1.165, 1.54) is 4.31 Å². The Balaban J connectivity index is 1.27. The van der Waals surface area contributed by atoms with Crippen molar-refractivity contribution in [3.8, 4) is 0 Å². The number of unbranched alkanes of at least 4 members (excludes halogenated alkanes) is 1. The molecule has 1 aromatic rings. The van der Waals surface area contributed by atoms with E-state index in [1.54, 1.807) is 35.2 Å². The lowest BCUT2D eigenvalue weighted by molar-refractivity contribution is -0.144. The molecule has 5 fully saturated rings. The van der Waals surface area contributed by atoms with Crippen molar-refractivity contribution in [2.75, 3.05) is 19.6 Å². The number of amides is 2. The fourth-order valence-corrected chi connectivity index (χ4v) is 11.9. The second-order valence-electron chi connectivity index (χ2n) is 18.4. The van der Waals surface area contributed by atoms with Crippen molar-refractivity contribution >= 4 is 39.4 Å². The molecular formula is C42H59N3O7S. The zero-order valence-electron chi connectivity index (χ0n) is 32.6. The summed E-state index contributed by atoms with van der Waals surface area (Å²) in [5.74, 6) is -2.54. The van der Waals surface area contributed by atoms with Gasteiger partial charge in [0.1, 0.15) is 0 Å². The lowest BCUT2D eigenvalue weighted by Gasteiger charge is -2.35. The van der Waals surface area contributed by atoms with E-state index in [9.17, 15) is 32.4 Å². The van der Waals surface area contributed by atoms with Crippen LogP contribution in [0, 0.1) is 38.9 Å². The SMILES string of the molecule is C=C[C@@H]1C[C@]1(CC(=O)C1C[C@@]2(CN1C(=O)[C@@H](CC(=O)c1cccc(C(=O)CCCC)c1)C(C)(C)C)C(C)(C)C21CCC1)C(=O)NS(=O)(=O)N1CCCC1. The van der Waals surface area contributed by atoms with E-state index in [1.807, 2.05) is 27.7 Å². The van der Waals surface area contributed by atoms with Gasteiger partial charge in [-0.15, -0.1) is 6.58 Å². The van der Waals surface area contributed by atoms with Crippen LogP contribution in [0.4, 0.5) is 0 Å². The molecule has 2 amide bonds. The lowest BCUT2D eigenvalue weighted by Crippen LogP contribution is -2.49. The second-order valence-corrected chi connectivity index (χ2v) is 20.0. The third kappa shape index (κ3) is 6.55. The van der Waals surface area contributed by atoms with Crippen LogP contribution in [0.2, 0.25) is 0 Å². The Morgan fingerprint density at radius 3 is 2.15 bits per heavy atom. The van der Waals surface area contributed by atoms with Crippen LogP contribution in [0.3, 0.4) is 0 Å². The zero-order valence-corrected chi connectivity index (χ0v) is 33.4. The van der Waals surface area contributed by atoms with E-state index in [4.69, 9.17) is 0 Å². The number of hydrogen-bond acceptors (Lipinski definition) is 7. The first-order valence-electron chi connectivity index (χ1n) is 19.8. The van der Waals surface area contributed by atoms with Crippen molar-refractivity contribution in [2.45, 2.75) is 125 Å². The quantitative estimate of drug-likeness (QED) is 0.156. The highest BCUT2D eigenvalue weighted by Gasteiger charge is 2.85. The van der Waals surface area contributed by atoms with E-state index >= 15 is 0 Å². The number of nitrogens with one attached hydrogen (secondary N) is 1. The number of likely N-dealkylation sites (tertiary alicyclic amines) is 1. The molecule has 2 aliphatic heterocycles. The summed E-state index contributed by atoms with van der Waals surface area (Å²) in [6.45, 7) is 17.3. The smallest absolute Gasteiger partial charge is 0.303 e. The van der Waals surface area contributed by atoms with Crippen LogP contribution < -0.4 is 4.72 Å². The summed E-state index contributed by atoms with van der Waals surface area (Å²) in [5.41, 5.74) is -1.32. The summed E-state index contributed by atoms with van der Waals surface area (Å²) < 4.78 is 29.8. The van der Waals surface area contributed by atoms with Crippen molar-refractivity contribution in [3.63, 3.8) is 0 Å². The molecule has 2 spiro atoms. The van der Waals surface area contributed by atoms with Gasteiger partial charge in [-0.2, -0.15) is 12.7 Å². The summed E-state index contributed by atoms with van der Waals surface area (Å²) in [4.78, 5) is 71.9. The molecular weight excluding hydrogens is 691 g/mol.